The van der Waals surface area contributed by atoms with E-state index in [2.05, 4.69) is 5.32 Å². The maximum Gasteiger partial charge on any atom is 0.123 e. The summed E-state index contributed by atoms with van der Waals surface area (Å²) in [6.07, 6.45) is 0. The van der Waals surface area contributed by atoms with Crippen molar-refractivity contribution in [3.63, 3.8) is 0 Å². The fourth-order valence-corrected chi connectivity index (χ4v) is 1.44. The maximum absolute atomic E-state index is 12.8. The summed E-state index contributed by atoms with van der Waals surface area (Å²) in [7, 11) is 0. The van der Waals surface area contributed by atoms with Gasteiger partial charge in [-0.05, 0) is 17.7 Å². The molecule has 0 unspecified atom stereocenters. The van der Waals surface area contributed by atoms with Crippen LogP contribution in [0.2, 0.25) is 0 Å². The van der Waals surface area contributed by atoms with Crippen LogP contribution in [0, 0.1) is 11.7 Å². The molecule has 3 heteroatoms. The highest BCUT2D eigenvalue weighted by molar-refractivity contribution is 5.15. The normalized spacial score (nSPS) is 16.6. The Kier molecular flexibility index (Phi) is 3.11. The number of benzene rings is 1. The molecule has 2 nitrogen and oxygen atoms in total. The Labute approximate surface area is 83.1 Å². The second-order valence-corrected chi connectivity index (χ2v) is 3.67. The van der Waals surface area contributed by atoms with Crippen LogP contribution in [0.15, 0.2) is 24.3 Å². The van der Waals surface area contributed by atoms with Gasteiger partial charge in [0.15, 0.2) is 0 Å². The van der Waals surface area contributed by atoms with Gasteiger partial charge in [0, 0.05) is 19.0 Å². The largest absolute Gasteiger partial charge is 0.376 e. The molecular formula is C11H14FNO. The van der Waals surface area contributed by atoms with Crippen LogP contribution in [-0.4, -0.2) is 19.7 Å². The van der Waals surface area contributed by atoms with Crippen LogP contribution in [0.1, 0.15) is 5.56 Å². The van der Waals surface area contributed by atoms with E-state index in [-0.39, 0.29) is 5.82 Å². The summed E-state index contributed by atoms with van der Waals surface area (Å²) in [5.74, 6) is 0.444. The van der Waals surface area contributed by atoms with E-state index < -0.39 is 0 Å². The van der Waals surface area contributed by atoms with Gasteiger partial charge in [0.25, 0.3) is 0 Å². The van der Waals surface area contributed by atoms with Crippen molar-refractivity contribution in [1.29, 1.82) is 0 Å². The monoisotopic (exact) mass is 195 g/mol. The molecule has 0 bridgehead atoms. The van der Waals surface area contributed by atoms with Crippen molar-refractivity contribution in [3.05, 3.63) is 35.6 Å². The Morgan fingerprint density at radius 2 is 2.29 bits per heavy atom. The molecule has 0 radical (unpaired) electrons. The SMILES string of the molecule is Fc1cccc(COCC2CNC2)c1. The zero-order chi connectivity index (χ0) is 9.80. The second-order valence-electron chi connectivity index (χ2n) is 3.67. The van der Waals surface area contributed by atoms with Gasteiger partial charge in [-0.25, -0.2) is 4.39 Å². The fourth-order valence-electron chi connectivity index (χ4n) is 1.44. The topological polar surface area (TPSA) is 21.3 Å². The van der Waals surface area contributed by atoms with Gasteiger partial charge in [0.05, 0.1) is 13.2 Å². The van der Waals surface area contributed by atoms with Gasteiger partial charge >= 0.3 is 0 Å². The van der Waals surface area contributed by atoms with Crippen LogP contribution in [0.4, 0.5) is 4.39 Å². The van der Waals surface area contributed by atoms with Gasteiger partial charge in [-0.3, -0.25) is 0 Å². The summed E-state index contributed by atoms with van der Waals surface area (Å²) >= 11 is 0. The summed E-state index contributed by atoms with van der Waals surface area (Å²) in [4.78, 5) is 0. The summed E-state index contributed by atoms with van der Waals surface area (Å²) < 4.78 is 18.2. The Hall–Kier alpha value is -0.930. The predicted molar refractivity (Wildman–Crippen MR) is 52.4 cm³/mol. The molecule has 0 aromatic heterocycles. The van der Waals surface area contributed by atoms with Gasteiger partial charge in [0.2, 0.25) is 0 Å². The second kappa shape index (κ2) is 4.53. The highest BCUT2D eigenvalue weighted by Gasteiger charge is 2.16. The van der Waals surface area contributed by atoms with Crippen molar-refractivity contribution in [3.8, 4) is 0 Å². The average Bonchev–Trinajstić information content (AvgIpc) is 2.09. The number of ether oxygens (including phenoxy) is 1. The number of hydrogen-bond donors (Lipinski definition) is 1. The maximum atomic E-state index is 12.8. The molecule has 0 aliphatic carbocycles. The van der Waals surface area contributed by atoms with Crippen molar-refractivity contribution >= 4 is 0 Å². The summed E-state index contributed by atoms with van der Waals surface area (Å²) in [5, 5.41) is 3.18. The minimum absolute atomic E-state index is 0.198. The van der Waals surface area contributed by atoms with E-state index in [0.29, 0.717) is 12.5 Å². The minimum Gasteiger partial charge on any atom is -0.376 e. The highest BCUT2D eigenvalue weighted by Crippen LogP contribution is 2.08. The van der Waals surface area contributed by atoms with E-state index in [4.69, 9.17) is 4.74 Å². The van der Waals surface area contributed by atoms with Gasteiger partial charge in [-0.2, -0.15) is 0 Å². The fraction of sp³-hybridized carbons (Fsp3) is 0.455. The molecule has 0 spiro atoms. The minimum atomic E-state index is -0.198. The highest BCUT2D eigenvalue weighted by atomic mass is 19.1. The lowest BCUT2D eigenvalue weighted by Crippen LogP contribution is -2.44. The molecule has 0 amide bonds. The average molecular weight is 195 g/mol. The lowest BCUT2D eigenvalue weighted by atomic mass is 10.1. The van der Waals surface area contributed by atoms with Crippen molar-refractivity contribution in [2.24, 2.45) is 5.92 Å². The molecule has 2 rings (SSSR count). The number of nitrogens with one attached hydrogen (secondary N) is 1. The third kappa shape index (κ3) is 2.53. The van der Waals surface area contributed by atoms with E-state index in [9.17, 15) is 4.39 Å². The van der Waals surface area contributed by atoms with E-state index in [0.717, 1.165) is 25.3 Å². The molecule has 1 aliphatic heterocycles. The van der Waals surface area contributed by atoms with E-state index in [1.54, 1.807) is 6.07 Å². The van der Waals surface area contributed by atoms with Crippen LogP contribution < -0.4 is 5.32 Å². The number of halogens is 1. The molecule has 1 heterocycles. The Balaban J connectivity index is 1.74. The molecule has 0 saturated carbocycles. The van der Waals surface area contributed by atoms with Gasteiger partial charge < -0.3 is 10.1 Å². The van der Waals surface area contributed by atoms with Gasteiger partial charge in [0.1, 0.15) is 5.82 Å². The van der Waals surface area contributed by atoms with Crippen molar-refractivity contribution in [1.82, 2.24) is 5.32 Å². The predicted octanol–water partition coefficient (Wildman–Crippen LogP) is 1.56. The standard InChI is InChI=1S/C11H14FNO/c12-11-3-1-2-9(4-11)7-14-8-10-5-13-6-10/h1-4,10,13H,5-8H2. The molecular weight excluding hydrogens is 181 g/mol. The van der Waals surface area contributed by atoms with Crippen LogP contribution in [0.3, 0.4) is 0 Å². The summed E-state index contributed by atoms with van der Waals surface area (Å²) in [6, 6.07) is 6.54. The van der Waals surface area contributed by atoms with E-state index in [1.807, 2.05) is 6.07 Å². The van der Waals surface area contributed by atoms with E-state index >= 15 is 0 Å². The first-order chi connectivity index (χ1) is 6.84. The quantitative estimate of drug-likeness (QED) is 0.787. The van der Waals surface area contributed by atoms with Crippen LogP contribution in [0.5, 0.6) is 0 Å². The lowest BCUT2D eigenvalue weighted by molar-refractivity contribution is 0.0688. The smallest absolute Gasteiger partial charge is 0.123 e. The molecule has 0 atom stereocenters. The van der Waals surface area contributed by atoms with Gasteiger partial charge in [-0.1, -0.05) is 12.1 Å². The van der Waals surface area contributed by atoms with Crippen molar-refractivity contribution < 1.29 is 9.13 Å². The third-order valence-corrected chi connectivity index (χ3v) is 2.38. The first kappa shape index (κ1) is 9.62. The van der Waals surface area contributed by atoms with Crippen molar-refractivity contribution in [2.45, 2.75) is 6.61 Å². The molecule has 1 saturated heterocycles. The zero-order valence-electron chi connectivity index (χ0n) is 8.00. The van der Waals surface area contributed by atoms with Crippen LogP contribution in [0.25, 0.3) is 0 Å². The molecule has 1 aromatic rings. The van der Waals surface area contributed by atoms with Gasteiger partial charge in [-0.15, -0.1) is 0 Å². The Bertz CT molecular complexity index is 299. The molecule has 1 fully saturated rings. The molecule has 1 aliphatic rings. The summed E-state index contributed by atoms with van der Waals surface area (Å²) in [6.45, 7) is 3.37. The van der Waals surface area contributed by atoms with Crippen LogP contribution >= 0.6 is 0 Å². The summed E-state index contributed by atoms with van der Waals surface area (Å²) in [5.41, 5.74) is 0.900. The zero-order valence-corrected chi connectivity index (χ0v) is 8.00. The number of rotatable bonds is 4. The molecule has 14 heavy (non-hydrogen) atoms. The molecule has 76 valence electrons. The Morgan fingerprint density at radius 3 is 2.93 bits per heavy atom. The first-order valence-corrected chi connectivity index (χ1v) is 4.87. The Morgan fingerprint density at radius 1 is 1.43 bits per heavy atom. The first-order valence-electron chi connectivity index (χ1n) is 4.87. The van der Waals surface area contributed by atoms with E-state index in [1.165, 1.54) is 12.1 Å². The third-order valence-electron chi connectivity index (χ3n) is 2.38. The van der Waals surface area contributed by atoms with Crippen molar-refractivity contribution in [2.75, 3.05) is 19.7 Å². The molecule has 1 N–H and O–H groups in total. The number of hydrogen-bond acceptors (Lipinski definition) is 2. The molecule has 1 aromatic carbocycles. The lowest BCUT2D eigenvalue weighted by Gasteiger charge is -2.26. The van der Waals surface area contributed by atoms with Crippen LogP contribution in [-0.2, 0) is 11.3 Å².